The number of benzene rings is 3. The molecule has 5 aromatic rings. The van der Waals surface area contributed by atoms with Crippen molar-refractivity contribution in [1.82, 2.24) is 40.4 Å². The number of hydrogen-bond donors (Lipinski definition) is 4. The van der Waals surface area contributed by atoms with Crippen molar-refractivity contribution in [2.24, 2.45) is 10.8 Å². The monoisotopic (exact) mass is 864 g/mol. The lowest BCUT2D eigenvalue weighted by atomic mass is 9.84. The molecule has 3 aromatic carbocycles. The van der Waals surface area contributed by atoms with E-state index in [0.717, 1.165) is 81.7 Å². The molecule has 14 nitrogen and oxygen atoms in total. The molecular formula is C45H56N8O6SSi. The van der Waals surface area contributed by atoms with Crippen LogP contribution in [0.15, 0.2) is 60.7 Å². The van der Waals surface area contributed by atoms with E-state index in [1.807, 2.05) is 63.5 Å². The summed E-state index contributed by atoms with van der Waals surface area (Å²) < 4.78 is 9.43. The molecule has 0 saturated carbocycles. The molecule has 0 bridgehead atoms. The highest BCUT2D eigenvalue weighted by atomic mass is 32.2. The van der Waals surface area contributed by atoms with E-state index in [0.29, 0.717) is 23.3 Å². The third-order valence-corrected chi connectivity index (χ3v) is 16.8. The number of carbonyl (C=O) groups is 4. The maximum Gasteiger partial charge on any atom is 0.407 e. The number of rotatable bonds is 8. The Kier molecular flexibility index (Phi) is 10.8. The number of methoxy groups -OCH3 is 2. The molecular weight excluding hydrogens is 809 g/mol. The second-order valence-electron chi connectivity index (χ2n) is 18.8. The number of amides is 4. The number of hydrogen-bond acceptors (Lipinski definition) is 9. The van der Waals surface area contributed by atoms with Gasteiger partial charge in [-0.2, -0.15) is 0 Å². The average molecular weight is 865 g/mol. The van der Waals surface area contributed by atoms with Gasteiger partial charge in [-0.1, -0.05) is 77.9 Å². The summed E-state index contributed by atoms with van der Waals surface area (Å²) in [5.74, 6) is 1.41. The van der Waals surface area contributed by atoms with Crippen LogP contribution in [0, 0.1) is 10.8 Å². The summed E-state index contributed by atoms with van der Waals surface area (Å²) in [5, 5.41) is 4.58. The third kappa shape index (κ3) is 7.66. The highest BCUT2D eigenvalue weighted by Crippen LogP contribution is 2.66. The van der Waals surface area contributed by atoms with Crippen molar-refractivity contribution in [3.63, 3.8) is 0 Å². The van der Waals surface area contributed by atoms with Crippen LogP contribution in [-0.4, -0.2) is 108 Å². The van der Waals surface area contributed by atoms with Gasteiger partial charge in [-0.3, -0.25) is 9.59 Å². The number of carbonyl (C=O) groups excluding carboxylic acids is 4. The summed E-state index contributed by atoms with van der Waals surface area (Å²) in [6.07, 6.45) is 2.14. The molecule has 322 valence electrons. The minimum absolute atomic E-state index is 0.0573. The van der Waals surface area contributed by atoms with E-state index in [9.17, 15) is 19.2 Å². The van der Waals surface area contributed by atoms with Gasteiger partial charge < -0.3 is 39.9 Å². The van der Waals surface area contributed by atoms with Gasteiger partial charge in [0.1, 0.15) is 33.0 Å². The number of nitrogens with zero attached hydrogens (tertiary/aromatic N) is 4. The van der Waals surface area contributed by atoms with Crippen molar-refractivity contribution in [2.75, 3.05) is 27.3 Å². The SMILES string of the molecule is COC(=O)NC(C(=O)N1CCCC1c1nc2ccc(-c3ccc(-c4ccc5nc(C67CCCN(C(=O)C([SiH3])(NC(=O)OC)C(C)(C)C)C6S7)[nH]c5c4)cc3)cc2[nH]1)C(C)(C)C. The maximum atomic E-state index is 14.3. The van der Waals surface area contributed by atoms with E-state index in [2.05, 4.69) is 69.1 Å². The Morgan fingerprint density at radius 1 is 0.803 bits per heavy atom. The zero-order valence-corrected chi connectivity index (χ0v) is 39.2. The van der Waals surface area contributed by atoms with Gasteiger partial charge in [0.2, 0.25) is 11.8 Å². The first-order chi connectivity index (χ1) is 28.9. The molecule has 5 atom stereocenters. The number of nitrogens with one attached hydrogen (secondary N) is 4. The molecule has 3 aliphatic rings. The van der Waals surface area contributed by atoms with Crippen LogP contribution in [0.4, 0.5) is 9.59 Å². The molecule has 8 rings (SSSR count). The van der Waals surface area contributed by atoms with Crippen LogP contribution in [0.5, 0.6) is 0 Å². The van der Waals surface area contributed by atoms with Crippen LogP contribution in [0.1, 0.15) is 84.9 Å². The lowest BCUT2D eigenvalue weighted by Gasteiger charge is -2.44. The number of alkyl carbamates (subject to hydrolysis) is 2. The van der Waals surface area contributed by atoms with Gasteiger partial charge in [0.15, 0.2) is 0 Å². The highest BCUT2D eigenvalue weighted by Gasteiger charge is 2.66. The Hall–Kier alpha value is -5.35. The van der Waals surface area contributed by atoms with Crippen molar-refractivity contribution in [3.05, 3.63) is 72.3 Å². The summed E-state index contributed by atoms with van der Waals surface area (Å²) in [4.78, 5) is 73.5. The minimum atomic E-state index is -1.02. The van der Waals surface area contributed by atoms with Gasteiger partial charge >= 0.3 is 12.2 Å². The fourth-order valence-electron chi connectivity index (χ4n) is 8.81. The fourth-order valence-corrected chi connectivity index (χ4v) is 10.8. The number of aromatic amines is 2. The molecule has 61 heavy (non-hydrogen) atoms. The number of piperidine rings is 1. The number of ether oxygens (including phenoxy) is 2. The van der Waals surface area contributed by atoms with E-state index in [1.165, 1.54) is 14.2 Å². The van der Waals surface area contributed by atoms with Crippen molar-refractivity contribution in [1.29, 1.82) is 0 Å². The summed E-state index contributed by atoms with van der Waals surface area (Å²) in [5.41, 5.74) is 6.75. The lowest BCUT2D eigenvalue weighted by molar-refractivity contribution is -0.140. The summed E-state index contributed by atoms with van der Waals surface area (Å²) >= 11 is 1.76. The molecule has 0 spiro atoms. The zero-order valence-electron chi connectivity index (χ0n) is 36.4. The quantitative estimate of drug-likeness (QED) is 0.0995. The van der Waals surface area contributed by atoms with Gasteiger partial charge in [-0.25, -0.2) is 19.6 Å². The van der Waals surface area contributed by atoms with Gasteiger partial charge in [0.05, 0.1) is 42.3 Å². The van der Waals surface area contributed by atoms with Crippen molar-refractivity contribution >= 4 is 68.1 Å². The van der Waals surface area contributed by atoms with Gasteiger partial charge in [0.25, 0.3) is 0 Å². The van der Waals surface area contributed by atoms with E-state index in [4.69, 9.17) is 19.4 Å². The molecule has 3 fully saturated rings. The molecule has 0 aliphatic carbocycles. The smallest absolute Gasteiger partial charge is 0.407 e. The second kappa shape index (κ2) is 15.5. The van der Waals surface area contributed by atoms with Crippen LogP contribution in [-0.2, 0) is 23.8 Å². The largest absolute Gasteiger partial charge is 0.453 e. The first-order valence-electron chi connectivity index (χ1n) is 21.0. The predicted molar refractivity (Wildman–Crippen MR) is 241 cm³/mol. The summed E-state index contributed by atoms with van der Waals surface area (Å²) in [7, 11) is 3.04. The number of thioether (sulfide) groups is 1. The molecule has 4 amide bonds. The number of H-pyrrole nitrogens is 2. The molecule has 3 aliphatic heterocycles. The van der Waals surface area contributed by atoms with E-state index >= 15 is 0 Å². The molecule has 4 N–H and O–H groups in total. The average Bonchev–Trinajstić information content (AvgIpc) is 3.54. The molecule has 16 heteroatoms. The first kappa shape index (κ1) is 42.3. The summed E-state index contributed by atoms with van der Waals surface area (Å²) in [6, 6.07) is 20.0. The van der Waals surface area contributed by atoms with E-state index in [1.54, 1.807) is 11.8 Å². The standard InChI is InChI=1S/C45H56N8O6SSi/c1-42(2,3)34(50-40(56)58-7)36(54)52-21-9-11-33(52)35-46-29-18-16-27(23-31(29)47-35)25-12-14-26(15-13-25)28-17-19-30-32(24-28)49-37(48-30)44-20-10-22-53(39(44)60-44)38(55)45(61,43(4,5)6)51-41(57)59-8/h12-19,23-24,33-34,39H,9-11,20-22H2,1-8,61H3,(H,46,47)(H,48,49)(H,50,56)(H,51,57). The second-order valence-corrected chi connectivity index (χ2v) is 21.7. The molecule has 3 saturated heterocycles. The Morgan fingerprint density at radius 2 is 1.38 bits per heavy atom. The minimum Gasteiger partial charge on any atom is -0.453 e. The number of fused-ring (bicyclic) bond motifs is 3. The number of likely N-dealkylation sites (tertiary alicyclic amines) is 2. The maximum absolute atomic E-state index is 14.3. The Morgan fingerprint density at radius 3 is 1.97 bits per heavy atom. The summed E-state index contributed by atoms with van der Waals surface area (Å²) in [6.45, 7) is 13.0. The number of aromatic nitrogens is 4. The molecule has 5 unspecified atom stereocenters. The number of imidazole rings is 2. The topological polar surface area (TPSA) is 175 Å². The van der Waals surface area contributed by atoms with Crippen molar-refractivity contribution < 1.29 is 28.7 Å². The molecule has 2 aromatic heterocycles. The molecule has 0 radical (unpaired) electrons. The normalized spacial score (nSPS) is 21.8. The Labute approximate surface area is 363 Å². The third-order valence-electron chi connectivity index (χ3n) is 13.0. The molecule has 5 heterocycles. The van der Waals surface area contributed by atoms with Crippen molar-refractivity contribution in [2.45, 2.75) is 94.6 Å². The first-order valence-corrected chi connectivity index (χ1v) is 22.9. The van der Waals surface area contributed by atoms with Crippen LogP contribution >= 0.6 is 11.8 Å². The zero-order chi connectivity index (χ0) is 43.6. The van der Waals surface area contributed by atoms with Gasteiger partial charge in [-0.15, -0.1) is 11.8 Å². The van der Waals surface area contributed by atoms with Gasteiger partial charge in [0, 0.05) is 23.3 Å². The van der Waals surface area contributed by atoms with E-state index in [-0.39, 0.29) is 28.0 Å². The van der Waals surface area contributed by atoms with Gasteiger partial charge in [-0.05, 0) is 83.0 Å². The Balaban J connectivity index is 0.981. The highest BCUT2D eigenvalue weighted by molar-refractivity contribution is 8.08. The van der Waals surface area contributed by atoms with Crippen LogP contribution in [0.25, 0.3) is 44.3 Å². The van der Waals surface area contributed by atoms with Crippen LogP contribution in [0.2, 0.25) is 0 Å². The lowest BCUT2D eigenvalue weighted by Crippen LogP contribution is -2.67. The van der Waals surface area contributed by atoms with E-state index < -0.39 is 34.2 Å². The Bertz CT molecular complexity index is 2530. The van der Waals surface area contributed by atoms with Crippen LogP contribution in [0.3, 0.4) is 0 Å². The van der Waals surface area contributed by atoms with Crippen LogP contribution < -0.4 is 10.6 Å². The van der Waals surface area contributed by atoms with Crippen molar-refractivity contribution in [3.8, 4) is 22.3 Å². The predicted octanol–water partition coefficient (Wildman–Crippen LogP) is 6.56. The fraction of sp³-hybridized carbons (Fsp3) is 0.467.